The number of allylic oxidation sites excluding steroid dienone is 3. The largest absolute Gasteiger partial charge is 0.497 e. The normalized spacial score (nSPS) is 19.3. The van der Waals surface area contributed by atoms with Gasteiger partial charge >= 0.3 is 5.97 Å². The van der Waals surface area contributed by atoms with Crippen LogP contribution in [0.2, 0.25) is 0 Å². The summed E-state index contributed by atoms with van der Waals surface area (Å²) < 4.78 is 16.3. The van der Waals surface area contributed by atoms with Crippen molar-refractivity contribution in [2.24, 2.45) is 0 Å². The van der Waals surface area contributed by atoms with Gasteiger partial charge < -0.3 is 19.5 Å². The van der Waals surface area contributed by atoms with Gasteiger partial charge in [-0.15, -0.1) is 0 Å². The molecule has 0 aromatic heterocycles. The van der Waals surface area contributed by atoms with Crippen LogP contribution >= 0.6 is 0 Å². The van der Waals surface area contributed by atoms with E-state index in [1.165, 1.54) is 0 Å². The van der Waals surface area contributed by atoms with Crippen molar-refractivity contribution in [1.82, 2.24) is 5.32 Å². The molecule has 1 aliphatic carbocycles. The number of benzene rings is 3. The van der Waals surface area contributed by atoms with Gasteiger partial charge in [-0.1, -0.05) is 54.6 Å². The predicted octanol–water partition coefficient (Wildman–Crippen LogP) is 5.79. The highest BCUT2D eigenvalue weighted by Crippen LogP contribution is 2.47. The number of ketones is 1. The van der Waals surface area contributed by atoms with E-state index < -0.39 is 11.9 Å². The first kappa shape index (κ1) is 25.7. The number of esters is 1. The molecular weight excluding hydrogens is 478 g/mol. The van der Waals surface area contributed by atoms with Crippen molar-refractivity contribution >= 4 is 22.5 Å². The predicted molar refractivity (Wildman–Crippen MR) is 147 cm³/mol. The maximum absolute atomic E-state index is 13.9. The summed E-state index contributed by atoms with van der Waals surface area (Å²) in [5.41, 5.74) is 4.76. The Balaban J connectivity index is 1.57. The molecule has 3 aromatic carbocycles. The van der Waals surface area contributed by atoms with E-state index in [1.807, 2.05) is 80.6 Å². The lowest BCUT2D eigenvalue weighted by Gasteiger charge is -2.37. The Bertz CT molecular complexity index is 1410. The third-order valence-corrected chi connectivity index (χ3v) is 7.43. The summed E-state index contributed by atoms with van der Waals surface area (Å²) >= 11 is 0. The van der Waals surface area contributed by atoms with Crippen LogP contribution in [0.25, 0.3) is 10.8 Å². The van der Waals surface area contributed by atoms with E-state index in [0.29, 0.717) is 42.9 Å². The molecule has 1 aliphatic heterocycles. The van der Waals surface area contributed by atoms with Crippen LogP contribution in [0.3, 0.4) is 0 Å². The van der Waals surface area contributed by atoms with E-state index in [1.54, 1.807) is 7.11 Å². The summed E-state index contributed by atoms with van der Waals surface area (Å²) in [6.07, 6.45) is 1.05. The number of rotatable bonds is 8. The van der Waals surface area contributed by atoms with Crippen LogP contribution in [0.15, 0.2) is 89.3 Å². The van der Waals surface area contributed by atoms with Crippen molar-refractivity contribution < 1.29 is 23.8 Å². The number of Topliss-reactive ketones (excluding diaryl/α,β-unsaturated/α-hetero) is 1. The minimum Gasteiger partial charge on any atom is -0.497 e. The molecule has 5 rings (SSSR count). The fraction of sp³-hybridized carbons (Fsp3) is 0.312. The number of nitrogens with one attached hydrogen (secondary N) is 1. The van der Waals surface area contributed by atoms with Crippen molar-refractivity contribution in [1.29, 1.82) is 0 Å². The topological polar surface area (TPSA) is 73.9 Å². The molecule has 0 spiro atoms. The van der Waals surface area contributed by atoms with Gasteiger partial charge in [-0.2, -0.15) is 0 Å². The quantitative estimate of drug-likeness (QED) is 0.305. The number of carbonyl (C=O) groups is 2. The van der Waals surface area contributed by atoms with E-state index in [9.17, 15) is 9.59 Å². The SMILES string of the molecule is CCOCCOC(=O)C1=C(C)NC2=C(C(=O)C[C@@H](c3ccc(OC)cc3)C2)[C@H]1c1cccc2ccccc12. The second-order valence-corrected chi connectivity index (χ2v) is 9.69. The average molecular weight is 512 g/mol. The highest BCUT2D eigenvalue weighted by atomic mass is 16.6. The number of dihydropyridines is 1. The van der Waals surface area contributed by atoms with Gasteiger partial charge in [0.1, 0.15) is 12.4 Å². The maximum atomic E-state index is 13.9. The average Bonchev–Trinajstić information content (AvgIpc) is 2.94. The molecule has 3 aromatic rings. The van der Waals surface area contributed by atoms with E-state index >= 15 is 0 Å². The number of ether oxygens (including phenoxy) is 3. The summed E-state index contributed by atoms with van der Waals surface area (Å²) in [6.45, 7) is 4.84. The molecule has 0 unspecified atom stereocenters. The van der Waals surface area contributed by atoms with Gasteiger partial charge in [-0.05, 0) is 60.2 Å². The molecule has 0 radical (unpaired) electrons. The number of methoxy groups -OCH3 is 1. The third-order valence-electron chi connectivity index (χ3n) is 7.43. The number of carbonyl (C=O) groups excluding carboxylic acids is 2. The highest BCUT2D eigenvalue weighted by Gasteiger charge is 2.42. The fourth-order valence-corrected chi connectivity index (χ4v) is 5.65. The summed E-state index contributed by atoms with van der Waals surface area (Å²) in [5.74, 6) is -0.0654. The zero-order valence-electron chi connectivity index (χ0n) is 22.1. The monoisotopic (exact) mass is 511 g/mol. The van der Waals surface area contributed by atoms with Crippen LogP contribution in [0, 0.1) is 0 Å². The molecule has 2 atom stereocenters. The van der Waals surface area contributed by atoms with E-state index in [4.69, 9.17) is 14.2 Å². The Hall–Kier alpha value is -3.90. The maximum Gasteiger partial charge on any atom is 0.336 e. The molecule has 0 saturated heterocycles. The van der Waals surface area contributed by atoms with Crippen LogP contribution in [-0.4, -0.2) is 38.7 Å². The Morgan fingerprint density at radius 1 is 0.974 bits per heavy atom. The first-order valence-corrected chi connectivity index (χ1v) is 13.1. The molecule has 1 heterocycles. The van der Waals surface area contributed by atoms with E-state index in [2.05, 4.69) is 5.32 Å². The Morgan fingerprint density at radius 2 is 1.74 bits per heavy atom. The summed E-state index contributed by atoms with van der Waals surface area (Å²) in [7, 11) is 1.64. The Kier molecular flexibility index (Phi) is 7.61. The van der Waals surface area contributed by atoms with Gasteiger partial charge in [0, 0.05) is 35.9 Å². The summed E-state index contributed by atoms with van der Waals surface area (Å²) in [6, 6.07) is 22.0. The standard InChI is InChI=1S/C32H33NO5/c1-4-37-16-17-38-32(35)29-20(2)33-27-18-23(21-12-14-24(36-3)15-13-21)19-28(34)31(27)30(29)26-11-7-9-22-8-5-6-10-25(22)26/h5-15,23,30,33H,4,16-19H2,1-3H3/t23-,30-/m0/s1. The third kappa shape index (κ3) is 4.96. The minimum atomic E-state index is -0.513. The van der Waals surface area contributed by atoms with E-state index in [-0.39, 0.29) is 18.3 Å². The van der Waals surface area contributed by atoms with Crippen molar-refractivity contribution in [3.63, 3.8) is 0 Å². The number of fused-ring (bicyclic) bond motifs is 1. The fourth-order valence-electron chi connectivity index (χ4n) is 5.65. The summed E-state index contributed by atoms with van der Waals surface area (Å²) in [4.78, 5) is 27.4. The van der Waals surface area contributed by atoms with Crippen molar-refractivity contribution in [3.8, 4) is 5.75 Å². The van der Waals surface area contributed by atoms with Gasteiger partial charge in [-0.25, -0.2) is 4.79 Å². The summed E-state index contributed by atoms with van der Waals surface area (Å²) in [5, 5.41) is 5.51. The molecule has 6 heteroatoms. The van der Waals surface area contributed by atoms with Crippen molar-refractivity contribution in [3.05, 3.63) is 100 Å². The second kappa shape index (κ2) is 11.2. The zero-order chi connectivity index (χ0) is 26.6. The molecule has 6 nitrogen and oxygen atoms in total. The molecular formula is C32H33NO5. The van der Waals surface area contributed by atoms with Gasteiger partial charge in [0.25, 0.3) is 0 Å². The van der Waals surface area contributed by atoms with Gasteiger partial charge in [0.2, 0.25) is 0 Å². The van der Waals surface area contributed by atoms with Crippen molar-refractivity contribution in [2.75, 3.05) is 26.9 Å². The molecule has 0 amide bonds. The molecule has 38 heavy (non-hydrogen) atoms. The molecule has 196 valence electrons. The molecule has 0 fully saturated rings. The van der Waals surface area contributed by atoms with Crippen molar-refractivity contribution in [2.45, 2.75) is 38.5 Å². The van der Waals surface area contributed by atoms with Crippen LogP contribution in [0.1, 0.15) is 49.7 Å². The number of hydrogen-bond acceptors (Lipinski definition) is 6. The van der Waals surface area contributed by atoms with E-state index in [0.717, 1.165) is 33.3 Å². The molecule has 1 N–H and O–H groups in total. The second-order valence-electron chi connectivity index (χ2n) is 9.69. The highest BCUT2D eigenvalue weighted by molar-refractivity contribution is 6.05. The smallest absolute Gasteiger partial charge is 0.336 e. The lowest BCUT2D eigenvalue weighted by molar-refractivity contribution is -0.140. The Morgan fingerprint density at radius 3 is 2.50 bits per heavy atom. The van der Waals surface area contributed by atoms with Crippen LogP contribution in [0.5, 0.6) is 5.75 Å². The van der Waals surface area contributed by atoms with Crippen LogP contribution < -0.4 is 10.1 Å². The van der Waals surface area contributed by atoms with Gasteiger partial charge in [0.05, 0.1) is 19.3 Å². The first-order valence-electron chi connectivity index (χ1n) is 13.1. The first-order chi connectivity index (χ1) is 18.5. The van der Waals surface area contributed by atoms with Crippen LogP contribution in [-0.2, 0) is 19.1 Å². The number of hydrogen-bond donors (Lipinski definition) is 1. The van der Waals surface area contributed by atoms with Crippen LogP contribution in [0.4, 0.5) is 0 Å². The minimum absolute atomic E-state index is 0.0420. The lowest BCUT2D eigenvalue weighted by Crippen LogP contribution is -2.36. The van der Waals surface area contributed by atoms with Gasteiger partial charge in [-0.3, -0.25) is 4.79 Å². The zero-order valence-corrected chi connectivity index (χ0v) is 22.1. The molecule has 2 aliphatic rings. The molecule has 0 saturated carbocycles. The Labute approximate surface area is 223 Å². The van der Waals surface area contributed by atoms with Gasteiger partial charge in [0.15, 0.2) is 5.78 Å². The molecule has 0 bridgehead atoms. The lowest BCUT2D eigenvalue weighted by atomic mass is 9.71.